The van der Waals surface area contributed by atoms with Crippen LogP contribution in [0.15, 0.2) is 36.4 Å². The Morgan fingerprint density at radius 3 is 2.48 bits per heavy atom. The molecule has 3 atom stereocenters. The van der Waals surface area contributed by atoms with Crippen LogP contribution >= 0.6 is 0 Å². The van der Waals surface area contributed by atoms with Gasteiger partial charge in [0.25, 0.3) is 0 Å². The highest BCUT2D eigenvalue weighted by Crippen LogP contribution is 2.42. The molecule has 0 aromatic heterocycles. The zero-order chi connectivity index (χ0) is 18.0. The fraction of sp³-hybridized carbons (Fsp3) is 0.368. The number of ether oxygens (including phenoxy) is 2. The Bertz CT molecular complexity index is 745. The second kappa shape index (κ2) is 7.21. The maximum Gasteiger partial charge on any atom is 0.160 e. The molecule has 134 valence electrons. The van der Waals surface area contributed by atoms with Crippen molar-refractivity contribution >= 4 is 0 Å². The molecule has 0 unspecified atom stereocenters. The first-order valence-electron chi connectivity index (χ1n) is 8.13. The summed E-state index contributed by atoms with van der Waals surface area (Å²) < 4.78 is 11.0. The summed E-state index contributed by atoms with van der Waals surface area (Å²) in [5, 5.41) is 38.7. The molecule has 1 aliphatic rings. The third-order valence-corrected chi connectivity index (χ3v) is 4.77. The number of aromatic hydroxyl groups is 3. The normalized spacial score (nSPS) is 22.9. The van der Waals surface area contributed by atoms with Gasteiger partial charge in [-0.25, -0.2) is 0 Å². The molecule has 0 spiro atoms. The van der Waals surface area contributed by atoms with Crippen molar-refractivity contribution in [2.24, 2.45) is 11.8 Å². The first-order chi connectivity index (χ1) is 12.0. The predicted octanol–water partition coefficient (Wildman–Crippen LogP) is 2.35. The molecular weight excluding hydrogens is 324 g/mol. The van der Waals surface area contributed by atoms with E-state index in [2.05, 4.69) is 0 Å². The quantitative estimate of drug-likeness (QED) is 0.620. The fourth-order valence-electron chi connectivity index (χ4n) is 3.39. The molecule has 0 bridgehead atoms. The number of hydrogen-bond donors (Lipinski definition) is 4. The van der Waals surface area contributed by atoms with Gasteiger partial charge < -0.3 is 29.9 Å². The minimum Gasteiger partial charge on any atom is -0.504 e. The van der Waals surface area contributed by atoms with Gasteiger partial charge in [-0.15, -0.1) is 0 Å². The molecule has 0 saturated carbocycles. The number of aliphatic hydroxyl groups is 1. The van der Waals surface area contributed by atoms with Crippen molar-refractivity contribution in [2.45, 2.75) is 12.5 Å². The number of rotatable bonds is 5. The molecule has 1 heterocycles. The smallest absolute Gasteiger partial charge is 0.160 e. The summed E-state index contributed by atoms with van der Waals surface area (Å²) >= 11 is 0. The second-order valence-electron chi connectivity index (χ2n) is 6.32. The van der Waals surface area contributed by atoms with Crippen molar-refractivity contribution in [3.63, 3.8) is 0 Å². The van der Waals surface area contributed by atoms with E-state index in [0.29, 0.717) is 18.8 Å². The molecule has 0 radical (unpaired) electrons. The monoisotopic (exact) mass is 346 g/mol. The molecule has 25 heavy (non-hydrogen) atoms. The van der Waals surface area contributed by atoms with E-state index in [1.807, 2.05) is 6.07 Å². The molecule has 1 saturated heterocycles. The van der Waals surface area contributed by atoms with Crippen LogP contribution in [0.4, 0.5) is 0 Å². The van der Waals surface area contributed by atoms with Crippen LogP contribution in [0.5, 0.6) is 23.0 Å². The fourth-order valence-corrected chi connectivity index (χ4v) is 3.39. The maximum atomic E-state index is 9.86. The van der Waals surface area contributed by atoms with Crippen LogP contribution in [-0.2, 0) is 11.2 Å². The van der Waals surface area contributed by atoms with Gasteiger partial charge in [-0.2, -0.15) is 0 Å². The standard InChI is InChI=1S/C19H22O6/c1-24-18-7-11(2-4-16(18)22)6-13-10-25-19(14(13)9-20)12-3-5-15(21)17(23)8-12/h2-5,7-8,13-14,19-23H,6,9-10H2,1H3/t13-,14-,19+/m1/s1. The predicted molar refractivity (Wildman–Crippen MR) is 90.9 cm³/mol. The van der Waals surface area contributed by atoms with Crippen molar-refractivity contribution in [1.29, 1.82) is 0 Å². The van der Waals surface area contributed by atoms with Gasteiger partial charge in [0, 0.05) is 12.5 Å². The van der Waals surface area contributed by atoms with E-state index < -0.39 is 0 Å². The number of aliphatic hydroxyl groups excluding tert-OH is 1. The van der Waals surface area contributed by atoms with Gasteiger partial charge in [-0.3, -0.25) is 0 Å². The summed E-state index contributed by atoms with van der Waals surface area (Å²) in [7, 11) is 1.50. The van der Waals surface area contributed by atoms with Crippen LogP contribution in [0.1, 0.15) is 17.2 Å². The highest BCUT2D eigenvalue weighted by molar-refractivity contribution is 5.43. The van der Waals surface area contributed by atoms with Crippen LogP contribution in [0, 0.1) is 11.8 Å². The van der Waals surface area contributed by atoms with E-state index in [1.165, 1.54) is 19.2 Å². The molecule has 4 N–H and O–H groups in total. The second-order valence-corrected chi connectivity index (χ2v) is 6.32. The van der Waals surface area contributed by atoms with Gasteiger partial charge in [0.15, 0.2) is 23.0 Å². The van der Waals surface area contributed by atoms with Gasteiger partial charge >= 0.3 is 0 Å². The van der Waals surface area contributed by atoms with Crippen molar-refractivity contribution in [2.75, 3.05) is 20.3 Å². The lowest BCUT2D eigenvalue weighted by Gasteiger charge is -2.21. The minimum absolute atomic E-state index is 0.0494. The number of benzene rings is 2. The van der Waals surface area contributed by atoms with Gasteiger partial charge in [-0.1, -0.05) is 12.1 Å². The maximum absolute atomic E-state index is 9.86. The third-order valence-electron chi connectivity index (χ3n) is 4.77. The van der Waals surface area contributed by atoms with E-state index in [1.54, 1.807) is 18.2 Å². The summed E-state index contributed by atoms with van der Waals surface area (Å²) in [5.41, 5.74) is 1.70. The molecule has 0 aliphatic carbocycles. The highest BCUT2D eigenvalue weighted by atomic mass is 16.5. The number of methoxy groups -OCH3 is 1. The summed E-state index contributed by atoms with van der Waals surface area (Å²) in [4.78, 5) is 0. The van der Waals surface area contributed by atoms with Crippen LogP contribution < -0.4 is 4.74 Å². The first-order valence-corrected chi connectivity index (χ1v) is 8.13. The van der Waals surface area contributed by atoms with Gasteiger partial charge in [0.2, 0.25) is 0 Å². The van der Waals surface area contributed by atoms with Crippen molar-refractivity contribution < 1.29 is 29.9 Å². The van der Waals surface area contributed by atoms with E-state index in [9.17, 15) is 20.4 Å². The molecule has 1 aliphatic heterocycles. The molecule has 2 aromatic carbocycles. The van der Waals surface area contributed by atoms with Gasteiger partial charge in [0.1, 0.15) is 0 Å². The van der Waals surface area contributed by atoms with E-state index >= 15 is 0 Å². The molecule has 2 aromatic rings. The highest BCUT2D eigenvalue weighted by Gasteiger charge is 2.38. The van der Waals surface area contributed by atoms with Gasteiger partial charge in [-0.05, 0) is 47.7 Å². The van der Waals surface area contributed by atoms with E-state index in [-0.39, 0.29) is 41.8 Å². The average Bonchev–Trinajstić information content (AvgIpc) is 3.01. The summed E-state index contributed by atoms with van der Waals surface area (Å²) in [6.07, 6.45) is 0.322. The minimum atomic E-state index is -0.347. The number of phenols is 3. The largest absolute Gasteiger partial charge is 0.504 e. The lowest BCUT2D eigenvalue weighted by Crippen LogP contribution is -2.21. The summed E-state index contributed by atoms with van der Waals surface area (Å²) in [6.45, 7) is 0.424. The van der Waals surface area contributed by atoms with Crippen LogP contribution in [0.2, 0.25) is 0 Å². The zero-order valence-electron chi connectivity index (χ0n) is 13.9. The Hall–Kier alpha value is -2.44. The van der Waals surface area contributed by atoms with Crippen molar-refractivity contribution in [3.8, 4) is 23.0 Å². The van der Waals surface area contributed by atoms with Crippen LogP contribution in [0.25, 0.3) is 0 Å². The lowest BCUT2D eigenvalue weighted by atomic mass is 9.84. The topological polar surface area (TPSA) is 99.4 Å². The number of hydrogen-bond acceptors (Lipinski definition) is 6. The van der Waals surface area contributed by atoms with E-state index in [0.717, 1.165) is 11.1 Å². The van der Waals surface area contributed by atoms with E-state index in [4.69, 9.17) is 9.47 Å². The molecule has 6 heteroatoms. The molecule has 1 fully saturated rings. The Morgan fingerprint density at radius 1 is 1.04 bits per heavy atom. The average molecular weight is 346 g/mol. The molecule has 6 nitrogen and oxygen atoms in total. The van der Waals surface area contributed by atoms with Crippen LogP contribution in [-0.4, -0.2) is 40.7 Å². The molecule has 0 amide bonds. The molecule has 3 rings (SSSR count). The third kappa shape index (κ3) is 3.50. The Morgan fingerprint density at radius 2 is 1.80 bits per heavy atom. The van der Waals surface area contributed by atoms with Crippen molar-refractivity contribution in [3.05, 3.63) is 47.5 Å². The Kier molecular flexibility index (Phi) is 5.01. The van der Waals surface area contributed by atoms with Crippen LogP contribution in [0.3, 0.4) is 0 Å². The summed E-state index contributed by atoms with van der Waals surface area (Å²) in [5.74, 6) is 0.0607. The van der Waals surface area contributed by atoms with Crippen molar-refractivity contribution in [1.82, 2.24) is 0 Å². The summed E-state index contributed by atoms with van der Waals surface area (Å²) in [6, 6.07) is 9.77. The Balaban J connectivity index is 1.78. The van der Waals surface area contributed by atoms with Gasteiger partial charge in [0.05, 0.1) is 19.8 Å². The SMILES string of the molecule is COc1cc(C[C@@H]2CO[C@@H](c3ccc(O)c(O)c3)[C@@H]2CO)ccc1O. The first kappa shape index (κ1) is 17.4. The number of phenolic OH excluding ortho intramolecular Hbond substituents is 3. The Labute approximate surface area is 145 Å². The lowest BCUT2D eigenvalue weighted by molar-refractivity contribution is 0.0717. The molecular formula is C19H22O6. The zero-order valence-corrected chi connectivity index (χ0v) is 13.9.